The summed E-state index contributed by atoms with van der Waals surface area (Å²) in [4.78, 5) is 14.0. The third-order valence-corrected chi connectivity index (χ3v) is 5.95. The highest BCUT2D eigenvalue weighted by atomic mass is 32.1. The van der Waals surface area contributed by atoms with E-state index in [1.807, 2.05) is 17.5 Å². The van der Waals surface area contributed by atoms with Gasteiger partial charge in [0.1, 0.15) is 0 Å². The third-order valence-electron chi connectivity index (χ3n) is 5.09. The van der Waals surface area contributed by atoms with Gasteiger partial charge in [-0.25, -0.2) is 0 Å². The number of nitrogens with one attached hydrogen (secondary N) is 1. The maximum atomic E-state index is 13.1. The van der Waals surface area contributed by atoms with Crippen LogP contribution < -0.4 is 5.32 Å². The summed E-state index contributed by atoms with van der Waals surface area (Å²) in [5.41, 5.74) is 1.86. The van der Waals surface area contributed by atoms with Gasteiger partial charge in [-0.3, -0.25) is 4.79 Å². The first-order chi connectivity index (χ1) is 12.7. The summed E-state index contributed by atoms with van der Waals surface area (Å²) in [7, 11) is 0. The number of hydrogen-bond acceptors (Lipinski definition) is 5. The number of aryl methyl sites for hydroxylation is 1. The summed E-state index contributed by atoms with van der Waals surface area (Å²) in [5, 5.41) is 13.1. The number of rotatable bonds is 5. The third kappa shape index (κ3) is 3.17. The lowest BCUT2D eigenvalue weighted by Gasteiger charge is -2.28. The van der Waals surface area contributed by atoms with Crippen molar-refractivity contribution >= 4 is 17.2 Å². The fourth-order valence-corrected chi connectivity index (χ4v) is 4.29. The van der Waals surface area contributed by atoms with Crippen LogP contribution in [0.4, 0.5) is 0 Å². The zero-order valence-corrected chi connectivity index (χ0v) is 15.5. The van der Waals surface area contributed by atoms with Crippen LogP contribution in [0.2, 0.25) is 0 Å². The SMILES string of the molecule is Cc1ccc(C2(C(=O)NCc3nnc(-c4cccs4)o3)CCCC2)cc1. The lowest BCUT2D eigenvalue weighted by molar-refractivity contribution is -0.126. The number of hydrogen-bond donors (Lipinski definition) is 1. The number of thiophene rings is 1. The van der Waals surface area contributed by atoms with E-state index in [4.69, 9.17) is 4.42 Å². The second kappa shape index (κ2) is 7.03. The molecule has 26 heavy (non-hydrogen) atoms. The molecule has 3 aromatic rings. The summed E-state index contributed by atoms with van der Waals surface area (Å²) in [6.07, 6.45) is 3.91. The lowest BCUT2D eigenvalue weighted by Crippen LogP contribution is -2.42. The van der Waals surface area contributed by atoms with Gasteiger partial charge < -0.3 is 9.73 Å². The van der Waals surface area contributed by atoms with Crippen LogP contribution in [0.3, 0.4) is 0 Å². The Morgan fingerprint density at radius 1 is 1.19 bits per heavy atom. The van der Waals surface area contributed by atoms with E-state index < -0.39 is 5.41 Å². The molecule has 0 bridgehead atoms. The second-order valence-corrected chi connectivity index (χ2v) is 7.76. The van der Waals surface area contributed by atoms with Crippen LogP contribution >= 0.6 is 11.3 Å². The van der Waals surface area contributed by atoms with Gasteiger partial charge in [-0.05, 0) is 36.8 Å². The first-order valence-corrected chi connectivity index (χ1v) is 9.77. The maximum absolute atomic E-state index is 13.1. The Kier molecular flexibility index (Phi) is 4.59. The molecule has 134 valence electrons. The van der Waals surface area contributed by atoms with Crippen molar-refractivity contribution in [2.45, 2.75) is 44.6 Å². The van der Waals surface area contributed by atoms with E-state index in [-0.39, 0.29) is 12.5 Å². The number of nitrogens with zero attached hydrogens (tertiary/aromatic N) is 2. The van der Waals surface area contributed by atoms with Gasteiger partial charge in [0.25, 0.3) is 5.89 Å². The summed E-state index contributed by atoms with van der Waals surface area (Å²) >= 11 is 1.55. The maximum Gasteiger partial charge on any atom is 0.257 e. The van der Waals surface area contributed by atoms with Crippen LogP contribution in [-0.2, 0) is 16.8 Å². The fourth-order valence-electron chi connectivity index (χ4n) is 3.65. The molecule has 0 spiro atoms. The van der Waals surface area contributed by atoms with E-state index in [1.54, 1.807) is 11.3 Å². The number of amides is 1. The van der Waals surface area contributed by atoms with Gasteiger partial charge in [0, 0.05) is 0 Å². The molecule has 1 N–H and O–H groups in total. The molecule has 1 aliphatic carbocycles. The van der Waals surface area contributed by atoms with Crippen molar-refractivity contribution in [3.63, 3.8) is 0 Å². The number of carbonyl (C=O) groups is 1. The van der Waals surface area contributed by atoms with Gasteiger partial charge in [-0.2, -0.15) is 0 Å². The van der Waals surface area contributed by atoms with Gasteiger partial charge in [-0.15, -0.1) is 21.5 Å². The first-order valence-electron chi connectivity index (χ1n) is 8.89. The van der Waals surface area contributed by atoms with Crippen LogP contribution in [0.5, 0.6) is 0 Å². The Morgan fingerprint density at radius 2 is 1.96 bits per heavy atom. The molecule has 1 fully saturated rings. The topological polar surface area (TPSA) is 68.0 Å². The average Bonchev–Trinajstić information content (AvgIpc) is 3.41. The van der Waals surface area contributed by atoms with E-state index in [0.717, 1.165) is 36.1 Å². The quantitative estimate of drug-likeness (QED) is 0.732. The van der Waals surface area contributed by atoms with Crippen LogP contribution in [0, 0.1) is 6.92 Å². The average molecular weight is 367 g/mol. The Hall–Kier alpha value is -2.47. The molecule has 2 aromatic heterocycles. The van der Waals surface area contributed by atoms with Gasteiger partial charge in [0.15, 0.2) is 0 Å². The van der Waals surface area contributed by atoms with Gasteiger partial charge in [0.05, 0.1) is 16.8 Å². The molecule has 0 aliphatic heterocycles. The molecule has 0 atom stereocenters. The molecular formula is C20H21N3O2S. The highest BCUT2D eigenvalue weighted by Gasteiger charge is 2.42. The zero-order chi connectivity index (χ0) is 18.0. The van der Waals surface area contributed by atoms with Crippen molar-refractivity contribution in [3.05, 3.63) is 58.8 Å². The largest absolute Gasteiger partial charge is 0.418 e. The van der Waals surface area contributed by atoms with Gasteiger partial charge >= 0.3 is 0 Å². The van der Waals surface area contributed by atoms with E-state index in [1.165, 1.54) is 5.56 Å². The van der Waals surface area contributed by atoms with E-state index in [0.29, 0.717) is 11.8 Å². The molecule has 2 heterocycles. The van der Waals surface area contributed by atoms with Crippen molar-refractivity contribution in [1.82, 2.24) is 15.5 Å². The zero-order valence-electron chi connectivity index (χ0n) is 14.7. The molecule has 1 aliphatic rings. The first kappa shape index (κ1) is 17.0. The molecule has 0 radical (unpaired) electrons. The molecule has 4 rings (SSSR count). The van der Waals surface area contributed by atoms with Crippen molar-refractivity contribution in [3.8, 4) is 10.8 Å². The molecule has 0 saturated heterocycles. The van der Waals surface area contributed by atoms with E-state index in [2.05, 4.69) is 46.7 Å². The Balaban J connectivity index is 1.48. The minimum atomic E-state index is -0.440. The number of carbonyl (C=O) groups excluding carboxylic acids is 1. The Bertz CT molecular complexity index is 878. The standard InChI is InChI=1S/C20H21N3O2S/c1-14-6-8-15(9-7-14)20(10-2-3-11-20)19(24)21-13-17-22-23-18(25-17)16-5-4-12-26-16/h4-9,12H,2-3,10-11,13H2,1H3,(H,21,24). The monoisotopic (exact) mass is 367 g/mol. The van der Waals surface area contributed by atoms with E-state index >= 15 is 0 Å². The number of benzene rings is 1. The predicted octanol–water partition coefficient (Wildman–Crippen LogP) is 4.23. The van der Waals surface area contributed by atoms with Crippen molar-refractivity contribution < 1.29 is 9.21 Å². The molecular weight excluding hydrogens is 346 g/mol. The molecule has 1 amide bonds. The number of aromatic nitrogens is 2. The summed E-state index contributed by atoms with van der Waals surface area (Å²) in [6.45, 7) is 2.32. The molecule has 1 saturated carbocycles. The van der Waals surface area contributed by atoms with Crippen LogP contribution in [0.15, 0.2) is 46.2 Å². The molecule has 5 nitrogen and oxygen atoms in total. The highest BCUT2D eigenvalue weighted by molar-refractivity contribution is 7.13. The van der Waals surface area contributed by atoms with Crippen LogP contribution in [0.1, 0.15) is 42.7 Å². The molecule has 1 aromatic carbocycles. The Morgan fingerprint density at radius 3 is 2.65 bits per heavy atom. The molecule has 6 heteroatoms. The summed E-state index contributed by atoms with van der Waals surface area (Å²) in [6, 6.07) is 12.2. The Labute approximate surface area is 156 Å². The van der Waals surface area contributed by atoms with Crippen LogP contribution in [-0.4, -0.2) is 16.1 Å². The van der Waals surface area contributed by atoms with Crippen LogP contribution in [0.25, 0.3) is 10.8 Å². The molecule has 0 unspecified atom stereocenters. The smallest absolute Gasteiger partial charge is 0.257 e. The van der Waals surface area contributed by atoms with Crippen molar-refractivity contribution in [1.29, 1.82) is 0 Å². The lowest BCUT2D eigenvalue weighted by atomic mass is 9.77. The second-order valence-electron chi connectivity index (χ2n) is 6.82. The predicted molar refractivity (Wildman–Crippen MR) is 101 cm³/mol. The summed E-state index contributed by atoms with van der Waals surface area (Å²) in [5.74, 6) is 0.979. The van der Waals surface area contributed by atoms with Gasteiger partial charge in [-0.1, -0.05) is 48.7 Å². The summed E-state index contributed by atoms with van der Waals surface area (Å²) < 4.78 is 5.67. The van der Waals surface area contributed by atoms with Crippen molar-refractivity contribution in [2.24, 2.45) is 0 Å². The van der Waals surface area contributed by atoms with E-state index in [9.17, 15) is 4.79 Å². The normalized spacial score (nSPS) is 15.9. The minimum absolute atomic E-state index is 0.0507. The van der Waals surface area contributed by atoms with Gasteiger partial charge in [0.2, 0.25) is 11.8 Å². The van der Waals surface area contributed by atoms with Crippen molar-refractivity contribution in [2.75, 3.05) is 0 Å². The fraction of sp³-hybridized carbons (Fsp3) is 0.350. The highest BCUT2D eigenvalue weighted by Crippen LogP contribution is 2.41. The minimum Gasteiger partial charge on any atom is -0.418 e.